The Kier molecular flexibility index (Phi) is 4.63. The molecule has 1 aromatic carbocycles. The SMILES string of the molecule is COc1ccccc1CN1C(=O)OCC1CCCN. The summed E-state index contributed by atoms with van der Waals surface area (Å²) in [6, 6.07) is 7.82. The smallest absolute Gasteiger partial charge is 0.410 e. The van der Waals surface area contributed by atoms with Crippen LogP contribution in [0.4, 0.5) is 4.79 Å². The predicted molar refractivity (Wildman–Crippen MR) is 72.0 cm³/mol. The van der Waals surface area contributed by atoms with Crippen LogP contribution in [-0.2, 0) is 11.3 Å². The fraction of sp³-hybridized carbons (Fsp3) is 0.500. The fourth-order valence-electron chi connectivity index (χ4n) is 2.29. The minimum Gasteiger partial charge on any atom is -0.496 e. The molecule has 1 heterocycles. The number of nitrogens with zero attached hydrogens (tertiary/aromatic N) is 1. The Balaban J connectivity index is 2.08. The molecule has 2 N–H and O–H groups in total. The maximum Gasteiger partial charge on any atom is 0.410 e. The highest BCUT2D eigenvalue weighted by atomic mass is 16.6. The van der Waals surface area contributed by atoms with Gasteiger partial charge in [-0.3, -0.25) is 4.90 Å². The Hall–Kier alpha value is -1.75. The molecule has 0 aliphatic carbocycles. The van der Waals surface area contributed by atoms with Crippen molar-refractivity contribution in [1.82, 2.24) is 4.90 Å². The summed E-state index contributed by atoms with van der Waals surface area (Å²) in [7, 11) is 1.63. The highest BCUT2D eigenvalue weighted by Crippen LogP contribution is 2.24. The van der Waals surface area contributed by atoms with Crippen LogP contribution in [0.25, 0.3) is 0 Å². The molecule has 0 saturated carbocycles. The Bertz CT molecular complexity index is 436. The highest BCUT2D eigenvalue weighted by molar-refractivity contribution is 5.70. The van der Waals surface area contributed by atoms with E-state index in [0.717, 1.165) is 24.2 Å². The largest absolute Gasteiger partial charge is 0.496 e. The second-order valence-electron chi connectivity index (χ2n) is 4.60. The number of carbonyl (C=O) groups excluding carboxylic acids is 1. The van der Waals surface area contributed by atoms with E-state index in [1.165, 1.54) is 0 Å². The molecule has 1 aromatic rings. The van der Waals surface area contributed by atoms with Crippen molar-refractivity contribution in [1.29, 1.82) is 0 Å². The molecule has 1 amide bonds. The third-order valence-corrected chi connectivity index (χ3v) is 3.35. The minimum atomic E-state index is -0.257. The molecule has 1 saturated heterocycles. The zero-order valence-corrected chi connectivity index (χ0v) is 11.2. The number of hydrogen-bond acceptors (Lipinski definition) is 4. The number of rotatable bonds is 6. The molecular weight excluding hydrogens is 244 g/mol. The van der Waals surface area contributed by atoms with Gasteiger partial charge in [-0.1, -0.05) is 18.2 Å². The first-order valence-electron chi connectivity index (χ1n) is 6.51. The summed E-state index contributed by atoms with van der Waals surface area (Å²) >= 11 is 0. The van der Waals surface area contributed by atoms with Gasteiger partial charge in [-0.05, 0) is 25.5 Å². The monoisotopic (exact) mass is 264 g/mol. The quantitative estimate of drug-likeness (QED) is 0.850. The first kappa shape index (κ1) is 13.7. The average Bonchev–Trinajstić information content (AvgIpc) is 2.78. The van der Waals surface area contributed by atoms with Crippen molar-refractivity contribution < 1.29 is 14.3 Å². The molecule has 0 radical (unpaired) electrons. The second-order valence-corrected chi connectivity index (χ2v) is 4.60. The molecule has 5 nitrogen and oxygen atoms in total. The predicted octanol–water partition coefficient (Wildman–Crippen LogP) is 1.75. The summed E-state index contributed by atoms with van der Waals surface area (Å²) in [5.41, 5.74) is 6.51. The Morgan fingerprint density at radius 3 is 3.00 bits per heavy atom. The molecule has 5 heteroatoms. The number of cyclic esters (lactones) is 1. The van der Waals surface area contributed by atoms with Gasteiger partial charge in [0.05, 0.1) is 19.7 Å². The van der Waals surface area contributed by atoms with E-state index in [0.29, 0.717) is 19.7 Å². The lowest BCUT2D eigenvalue weighted by molar-refractivity contribution is 0.155. The van der Waals surface area contributed by atoms with Crippen molar-refractivity contribution in [2.45, 2.75) is 25.4 Å². The van der Waals surface area contributed by atoms with Crippen molar-refractivity contribution >= 4 is 6.09 Å². The van der Waals surface area contributed by atoms with E-state index >= 15 is 0 Å². The van der Waals surface area contributed by atoms with Crippen molar-refractivity contribution in [2.24, 2.45) is 5.73 Å². The van der Waals surface area contributed by atoms with Gasteiger partial charge in [0.15, 0.2) is 0 Å². The Labute approximate surface area is 113 Å². The molecule has 104 valence electrons. The topological polar surface area (TPSA) is 64.8 Å². The van der Waals surface area contributed by atoms with Gasteiger partial charge in [-0.15, -0.1) is 0 Å². The van der Waals surface area contributed by atoms with Crippen molar-refractivity contribution in [3.63, 3.8) is 0 Å². The first-order chi connectivity index (χ1) is 9.26. The lowest BCUT2D eigenvalue weighted by Gasteiger charge is -2.22. The van der Waals surface area contributed by atoms with Gasteiger partial charge in [0.2, 0.25) is 0 Å². The molecule has 1 aliphatic rings. The number of benzene rings is 1. The van der Waals surface area contributed by atoms with E-state index in [2.05, 4.69) is 0 Å². The molecule has 0 bridgehead atoms. The van der Waals surface area contributed by atoms with Crippen LogP contribution in [0.1, 0.15) is 18.4 Å². The number of nitrogens with two attached hydrogens (primary N) is 1. The van der Waals surface area contributed by atoms with Crippen LogP contribution in [-0.4, -0.2) is 37.3 Å². The van der Waals surface area contributed by atoms with Crippen LogP contribution < -0.4 is 10.5 Å². The first-order valence-corrected chi connectivity index (χ1v) is 6.51. The van der Waals surface area contributed by atoms with Crippen LogP contribution in [0.2, 0.25) is 0 Å². The van der Waals surface area contributed by atoms with Crippen LogP contribution >= 0.6 is 0 Å². The number of carbonyl (C=O) groups is 1. The molecule has 1 fully saturated rings. The summed E-state index contributed by atoms with van der Waals surface area (Å²) in [6.45, 7) is 1.60. The maximum atomic E-state index is 11.8. The van der Waals surface area contributed by atoms with E-state index < -0.39 is 0 Å². The highest BCUT2D eigenvalue weighted by Gasteiger charge is 2.32. The lowest BCUT2D eigenvalue weighted by Crippen LogP contribution is -2.33. The van der Waals surface area contributed by atoms with Gasteiger partial charge >= 0.3 is 6.09 Å². The number of hydrogen-bond donors (Lipinski definition) is 1. The molecule has 19 heavy (non-hydrogen) atoms. The van der Waals surface area contributed by atoms with Gasteiger partial charge in [-0.2, -0.15) is 0 Å². The summed E-state index contributed by atoms with van der Waals surface area (Å²) in [5.74, 6) is 0.791. The number of methoxy groups -OCH3 is 1. The number of para-hydroxylation sites is 1. The van der Waals surface area contributed by atoms with E-state index in [4.69, 9.17) is 15.2 Å². The van der Waals surface area contributed by atoms with Crippen LogP contribution in [0.5, 0.6) is 5.75 Å². The standard InChI is InChI=1S/C14H20N2O3/c1-18-13-7-3-2-5-11(13)9-16-12(6-4-8-15)10-19-14(16)17/h2-3,5,7,12H,4,6,8-10,15H2,1H3. The zero-order valence-electron chi connectivity index (χ0n) is 11.2. The van der Waals surface area contributed by atoms with E-state index in [1.54, 1.807) is 12.0 Å². The zero-order chi connectivity index (χ0) is 13.7. The van der Waals surface area contributed by atoms with E-state index in [1.807, 2.05) is 24.3 Å². The van der Waals surface area contributed by atoms with Gasteiger partial charge in [0, 0.05) is 5.56 Å². The van der Waals surface area contributed by atoms with Crippen LogP contribution in [0.3, 0.4) is 0 Å². The van der Waals surface area contributed by atoms with E-state index in [-0.39, 0.29) is 12.1 Å². The third kappa shape index (κ3) is 3.17. The lowest BCUT2D eigenvalue weighted by atomic mass is 10.1. The molecule has 0 aromatic heterocycles. The Morgan fingerprint density at radius 1 is 1.47 bits per heavy atom. The summed E-state index contributed by atoms with van der Waals surface area (Å²) in [5, 5.41) is 0. The van der Waals surface area contributed by atoms with Crippen LogP contribution in [0.15, 0.2) is 24.3 Å². The van der Waals surface area contributed by atoms with Gasteiger partial charge in [0.1, 0.15) is 12.4 Å². The molecule has 2 rings (SSSR count). The summed E-state index contributed by atoms with van der Waals surface area (Å²) in [6.07, 6.45) is 1.51. The second kappa shape index (κ2) is 6.43. The number of amides is 1. The summed E-state index contributed by atoms with van der Waals surface area (Å²) in [4.78, 5) is 13.5. The van der Waals surface area contributed by atoms with Crippen molar-refractivity contribution in [3.8, 4) is 5.75 Å². The van der Waals surface area contributed by atoms with Gasteiger partial charge in [0.25, 0.3) is 0 Å². The summed E-state index contributed by atoms with van der Waals surface area (Å²) < 4.78 is 10.4. The fourth-order valence-corrected chi connectivity index (χ4v) is 2.29. The van der Waals surface area contributed by atoms with Gasteiger partial charge in [-0.25, -0.2) is 4.79 Å². The maximum absolute atomic E-state index is 11.8. The molecule has 1 unspecified atom stereocenters. The van der Waals surface area contributed by atoms with Crippen molar-refractivity contribution in [2.75, 3.05) is 20.3 Å². The molecule has 1 atom stereocenters. The molecule has 0 spiro atoms. The van der Waals surface area contributed by atoms with E-state index in [9.17, 15) is 4.79 Å². The molecular formula is C14H20N2O3. The number of ether oxygens (including phenoxy) is 2. The average molecular weight is 264 g/mol. The minimum absolute atomic E-state index is 0.112. The van der Waals surface area contributed by atoms with Crippen molar-refractivity contribution in [3.05, 3.63) is 29.8 Å². The third-order valence-electron chi connectivity index (χ3n) is 3.35. The van der Waals surface area contributed by atoms with Gasteiger partial charge < -0.3 is 15.2 Å². The Morgan fingerprint density at radius 2 is 2.26 bits per heavy atom. The van der Waals surface area contributed by atoms with Crippen LogP contribution in [0, 0.1) is 0 Å². The normalized spacial score (nSPS) is 18.5. The molecule has 1 aliphatic heterocycles.